The Morgan fingerprint density at radius 1 is 1.22 bits per heavy atom. The maximum Gasteiger partial charge on any atom is 0.0518 e. The molecule has 1 unspecified atom stereocenters. The molecular weight excluding hydrogens is 220 g/mol. The number of benzene rings is 1. The molecule has 2 heterocycles. The molecule has 1 atom stereocenters. The van der Waals surface area contributed by atoms with Gasteiger partial charge in [-0.1, -0.05) is 18.2 Å². The van der Waals surface area contributed by atoms with Crippen molar-refractivity contribution >= 4 is 10.9 Å². The highest BCUT2D eigenvalue weighted by Gasteiger charge is 2.28. The van der Waals surface area contributed by atoms with E-state index in [1.54, 1.807) is 16.8 Å². The fourth-order valence-electron chi connectivity index (χ4n) is 4.00. The number of rotatable bonds is 1. The molecule has 0 saturated heterocycles. The van der Waals surface area contributed by atoms with E-state index in [0.717, 1.165) is 0 Å². The lowest BCUT2D eigenvalue weighted by Gasteiger charge is -2.26. The third kappa shape index (κ3) is 1.27. The Morgan fingerprint density at radius 2 is 2.17 bits per heavy atom. The summed E-state index contributed by atoms with van der Waals surface area (Å²) < 4.78 is 2.61. The Hall–Kier alpha value is -1.28. The van der Waals surface area contributed by atoms with Crippen molar-refractivity contribution in [2.75, 3.05) is 7.05 Å². The fraction of sp³-hybridized carbons (Fsp3) is 0.500. The van der Waals surface area contributed by atoms with Crippen molar-refractivity contribution < 1.29 is 0 Å². The molecule has 2 heteroatoms. The first kappa shape index (κ1) is 10.6. The van der Waals surface area contributed by atoms with Crippen LogP contribution in [0.4, 0.5) is 0 Å². The number of hydrogen-bond acceptors (Lipinski definition) is 1. The molecule has 2 aliphatic rings. The van der Waals surface area contributed by atoms with Crippen LogP contribution >= 0.6 is 0 Å². The van der Waals surface area contributed by atoms with Gasteiger partial charge in [0.2, 0.25) is 0 Å². The van der Waals surface area contributed by atoms with E-state index in [1.165, 1.54) is 49.6 Å². The van der Waals surface area contributed by atoms with Crippen LogP contribution in [0.2, 0.25) is 0 Å². The fourth-order valence-corrected chi connectivity index (χ4v) is 4.00. The lowest BCUT2D eigenvalue weighted by molar-refractivity contribution is 0.456. The number of aromatic nitrogens is 1. The van der Waals surface area contributed by atoms with E-state index in [0.29, 0.717) is 6.04 Å². The molecule has 18 heavy (non-hydrogen) atoms. The number of hydrogen-bond donors (Lipinski definition) is 1. The molecule has 0 bridgehead atoms. The van der Waals surface area contributed by atoms with Gasteiger partial charge in [0.15, 0.2) is 0 Å². The molecule has 4 rings (SSSR count). The number of aryl methyl sites for hydroxylation is 3. The van der Waals surface area contributed by atoms with Crippen LogP contribution in [0.15, 0.2) is 18.2 Å². The zero-order valence-corrected chi connectivity index (χ0v) is 11.0. The van der Waals surface area contributed by atoms with Gasteiger partial charge in [-0.2, -0.15) is 0 Å². The highest BCUT2D eigenvalue weighted by Crippen LogP contribution is 2.40. The number of nitrogens with one attached hydrogen (secondary N) is 1. The quantitative estimate of drug-likeness (QED) is 0.810. The van der Waals surface area contributed by atoms with Gasteiger partial charge in [-0.05, 0) is 50.3 Å². The van der Waals surface area contributed by atoms with Crippen LogP contribution in [0, 0.1) is 0 Å². The Balaban J connectivity index is 2.09. The SMILES string of the molecule is CNC1CCCc2c1n1c3c(cccc23)CCC1. The molecule has 1 aliphatic heterocycles. The average molecular weight is 240 g/mol. The van der Waals surface area contributed by atoms with Crippen LogP contribution < -0.4 is 5.32 Å². The first-order valence-corrected chi connectivity index (χ1v) is 7.20. The maximum atomic E-state index is 3.52. The number of nitrogens with zero attached hydrogens (tertiary/aromatic N) is 1. The summed E-state index contributed by atoms with van der Waals surface area (Å²) >= 11 is 0. The standard InChI is InChI=1S/C16H20N2/c1-17-14-9-3-8-13-12-7-2-5-11-6-4-10-18(15(11)12)16(13)14/h2,5,7,14,17H,3-4,6,8-10H2,1H3. The zero-order chi connectivity index (χ0) is 12.1. The predicted octanol–water partition coefficient (Wildman–Crippen LogP) is 3.18. The van der Waals surface area contributed by atoms with Crippen molar-refractivity contribution in [2.45, 2.75) is 44.7 Å². The van der Waals surface area contributed by atoms with Gasteiger partial charge in [0.1, 0.15) is 0 Å². The molecular formula is C16H20N2. The lowest BCUT2D eigenvalue weighted by Crippen LogP contribution is -2.25. The van der Waals surface area contributed by atoms with E-state index in [1.807, 2.05) is 0 Å². The Bertz CT molecular complexity index is 609. The molecule has 2 nitrogen and oxygen atoms in total. The minimum absolute atomic E-state index is 0.562. The second-order valence-corrected chi connectivity index (χ2v) is 5.67. The molecule has 1 aliphatic carbocycles. The van der Waals surface area contributed by atoms with Crippen LogP contribution in [-0.4, -0.2) is 11.6 Å². The number of fused-ring (bicyclic) bond motifs is 3. The van der Waals surface area contributed by atoms with Gasteiger partial charge in [0.25, 0.3) is 0 Å². The van der Waals surface area contributed by atoms with Crippen molar-refractivity contribution in [1.82, 2.24) is 9.88 Å². The van der Waals surface area contributed by atoms with E-state index in [9.17, 15) is 0 Å². The van der Waals surface area contributed by atoms with Gasteiger partial charge in [0.05, 0.1) is 5.52 Å². The summed E-state index contributed by atoms with van der Waals surface area (Å²) in [6.07, 6.45) is 6.42. The van der Waals surface area contributed by atoms with Crippen LogP contribution in [0.1, 0.15) is 42.1 Å². The van der Waals surface area contributed by atoms with Gasteiger partial charge in [0, 0.05) is 23.7 Å². The molecule has 0 saturated carbocycles. The van der Waals surface area contributed by atoms with Gasteiger partial charge >= 0.3 is 0 Å². The average Bonchev–Trinajstić information content (AvgIpc) is 2.77. The number of para-hydroxylation sites is 1. The molecule has 0 radical (unpaired) electrons. The Kier molecular flexibility index (Phi) is 2.28. The molecule has 0 spiro atoms. The minimum Gasteiger partial charge on any atom is -0.343 e. The van der Waals surface area contributed by atoms with Crippen molar-refractivity contribution in [3.05, 3.63) is 35.0 Å². The highest BCUT2D eigenvalue weighted by molar-refractivity contribution is 5.89. The van der Waals surface area contributed by atoms with Gasteiger partial charge in [-0.25, -0.2) is 0 Å². The third-order valence-corrected chi connectivity index (χ3v) is 4.74. The van der Waals surface area contributed by atoms with E-state index in [4.69, 9.17) is 0 Å². The minimum atomic E-state index is 0.562. The van der Waals surface area contributed by atoms with Gasteiger partial charge < -0.3 is 9.88 Å². The Morgan fingerprint density at radius 3 is 3.06 bits per heavy atom. The summed E-state index contributed by atoms with van der Waals surface area (Å²) in [6.45, 7) is 1.21. The summed E-state index contributed by atoms with van der Waals surface area (Å²) in [5.41, 5.74) is 6.31. The van der Waals surface area contributed by atoms with Crippen molar-refractivity contribution in [2.24, 2.45) is 0 Å². The van der Waals surface area contributed by atoms with Gasteiger partial charge in [-0.15, -0.1) is 0 Å². The van der Waals surface area contributed by atoms with Crippen molar-refractivity contribution in [3.8, 4) is 0 Å². The summed E-state index contributed by atoms with van der Waals surface area (Å²) in [6, 6.07) is 7.46. The molecule has 1 N–H and O–H groups in total. The van der Waals surface area contributed by atoms with Crippen molar-refractivity contribution in [1.29, 1.82) is 0 Å². The summed E-state index contributed by atoms with van der Waals surface area (Å²) in [5.74, 6) is 0. The third-order valence-electron chi connectivity index (χ3n) is 4.74. The topological polar surface area (TPSA) is 17.0 Å². The van der Waals surface area contributed by atoms with Crippen LogP contribution in [-0.2, 0) is 19.4 Å². The van der Waals surface area contributed by atoms with Gasteiger partial charge in [-0.3, -0.25) is 0 Å². The second-order valence-electron chi connectivity index (χ2n) is 5.67. The Labute approximate surface area is 108 Å². The molecule has 2 aromatic rings. The molecule has 94 valence electrons. The van der Waals surface area contributed by atoms with E-state index < -0.39 is 0 Å². The molecule has 0 fully saturated rings. The largest absolute Gasteiger partial charge is 0.343 e. The lowest BCUT2D eigenvalue weighted by atomic mass is 9.91. The highest BCUT2D eigenvalue weighted by atomic mass is 15.0. The molecule has 0 amide bonds. The van der Waals surface area contributed by atoms with E-state index in [-0.39, 0.29) is 0 Å². The van der Waals surface area contributed by atoms with Crippen LogP contribution in [0.5, 0.6) is 0 Å². The molecule has 1 aromatic carbocycles. The maximum absolute atomic E-state index is 3.52. The zero-order valence-electron chi connectivity index (χ0n) is 11.0. The van der Waals surface area contributed by atoms with Crippen LogP contribution in [0.25, 0.3) is 10.9 Å². The summed E-state index contributed by atoms with van der Waals surface area (Å²) in [5, 5.41) is 5.05. The van der Waals surface area contributed by atoms with E-state index in [2.05, 4.69) is 35.1 Å². The predicted molar refractivity (Wildman–Crippen MR) is 75.0 cm³/mol. The smallest absolute Gasteiger partial charge is 0.0518 e. The normalized spacial score (nSPS) is 22.2. The first-order chi connectivity index (χ1) is 8.90. The second kappa shape index (κ2) is 3.86. The summed E-state index contributed by atoms with van der Waals surface area (Å²) in [4.78, 5) is 0. The van der Waals surface area contributed by atoms with Crippen molar-refractivity contribution in [3.63, 3.8) is 0 Å². The van der Waals surface area contributed by atoms with E-state index >= 15 is 0 Å². The monoisotopic (exact) mass is 240 g/mol. The molecule has 1 aromatic heterocycles. The first-order valence-electron chi connectivity index (χ1n) is 7.20. The summed E-state index contributed by atoms with van der Waals surface area (Å²) in [7, 11) is 2.11. The van der Waals surface area contributed by atoms with Crippen LogP contribution in [0.3, 0.4) is 0 Å².